The van der Waals surface area contributed by atoms with Gasteiger partial charge in [0.2, 0.25) is 5.91 Å². The SMILES string of the molecule is CN(CC(=O)N1CCCNCC1)Cc1ccoc1. The van der Waals surface area contributed by atoms with E-state index in [9.17, 15) is 4.79 Å². The van der Waals surface area contributed by atoms with Crippen LogP contribution < -0.4 is 5.32 Å². The maximum atomic E-state index is 12.1. The predicted octanol–water partition coefficient (Wildman–Crippen LogP) is 0.533. The molecule has 1 amide bonds. The molecule has 0 aliphatic carbocycles. The minimum atomic E-state index is 0.213. The maximum Gasteiger partial charge on any atom is 0.236 e. The highest BCUT2D eigenvalue weighted by Gasteiger charge is 2.16. The molecule has 1 N–H and O–H groups in total. The topological polar surface area (TPSA) is 48.7 Å². The van der Waals surface area contributed by atoms with Crippen molar-refractivity contribution in [3.8, 4) is 0 Å². The van der Waals surface area contributed by atoms with Crippen molar-refractivity contribution >= 4 is 5.91 Å². The van der Waals surface area contributed by atoms with Gasteiger partial charge in [0.1, 0.15) is 0 Å². The van der Waals surface area contributed by atoms with Gasteiger partial charge in [-0.1, -0.05) is 0 Å². The lowest BCUT2D eigenvalue weighted by Gasteiger charge is -2.23. The lowest BCUT2D eigenvalue weighted by atomic mass is 10.3. The summed E-state index contributed by atoms with van der Waals surface area (Å²) >= 11 is 0. The molecule has 0 spiro atoms. The standard InChI is InChI=1S/C13H21N3O2/c1-15(9-12-3-8-18-11-12)10-13(17)16-6-2-4-14-5-7-16/h3,8,11,14H,2,4-7,9-10H2,1H3. The molecule has 1 saturated heterocycles. The van der Waals surface area contributed by atoms with Crippen molar-refractivity contribution in [2.45, 2.75) is 13.0 Å². The summed E-state index contributed by atoms with van der Waals surface area (Å²) in [6.45, 7) is 4.80. The third-order valence-corrected chi connectivity index (χ3v) is 3.13. The molecule has 100 valence electrons. The molecular formula is C13H21N3O2. The van der Waals surface area contributed by atoms with E-state index in [1.807, 2.05) is 22.9 Å². The van der Waals surface area contributed by atoms with Gasteiger partial charge in [-0.15, -0.1) is 0 Å². The van der Waals surface area contributed by atoms with Crippen LogP contribution in [0.3, 0.4) is 0 Å². The molecule has 0 atom stereocenters. The van der Waals surface area contributed by atoms with Gasteiger partial charge in [0.25, 0.3) is 0 Å². The minimum Gasteiger partial charge on any atom is -0.472 e. The molecule has 0 bridgehead atoms. The van der Waals surface area contributed by atoms with Gasteiger partial charge in [-0.3, -0.25) is 9.69 Å². The normalized spacial score (nSPS) is 16.9. The molecule has 5 heteroatoms. The van der Waals surface area contributed by atoms with Gasteiger partial charge < -0.3 is 14.6 Å². The van der Waals surface area contributed by atoms with Crippen LogP contribution in [0.5, 0.6) is 0 Å². The second-order valence-electron chi connectivity index (χ2n) is 4.79. The molecule has 1 fully saturated rings. The lowest BCUT2D eigenvalue weighted by molar-refractivity contribution is -0.132. The maximum absolute atomic E-state index is 12.1. The number of amides is 1. The number of nitrogens with one attached hydrogen (secondary N) is 1. The first-order chi connectivity index (χ1) is 8.75. The van der Waals surface area contributed by atoms with Gasteiger partial charge in [0.05, 0.1) is 19.1 Å². The molecule has 2 rings (SSSR count). The smallest absolute Gasteiger partial charge is 0.236 e. The molecule has 0 saturated carbocycles. The Labute approximate surface area is 108 Å². The Kier molecular flexibility index (Phi) is 4.78. The zero-order chi connectivity index (χ0) is 12.8. The summed E-state index contributed by atoms with van der Waals surface area (Å²) in [5.41, 5.74) is 1.10. The van der Waals surface area contributed by atoms with Crippen molar-refractivity contribution in [2.24, 2.45) is 0 Å². The summed E-state index contributed by atoms with van der Waals surface area (Å²) in [5, 5.41) is 3.30. The molecular weight excluding hydrogens is 230 g/mol. The molecule has 0 radical (unpaired) electrons. The van der Waals surface area contributed by atoms with Gasteiger partial charge >= 0.3 is 0 Å². The van der Waals surface area contributed by atoms with Gasteiger partial charge in [-0.2, -0.15) is 0 Å². The minimum absolute atomic E-state index is 0.213. The van der Waals surface area contributed by atoms with E-state index in [1.165, 1.54) is 0 Å². The number of furan rings is 1. The van der Waals surface area contributed by atoms with Crippen LogP contribution in [0.1, 0.15) is 12.0 Å². The molecule has 0 unspecified atom stereocenters. The quantitative estimate of drug-likeness (QED) is 0.848. The Morgan fingerprint density at radius 3 is 3.17 bits per heavy atom. The summed E-state index contributed by atoms with van der Waals surface area (Å²) < 4.78 is 5.02. The van der Waals surface area contributed by atoms with Crippen molar-refractivity contribution in [2.75, 3.05) is 39.8 Å². The molecule has 1 aromatic heterocycles. The summed E-state index contributed by atoms with van der Waals surface area (Å²) in [6, 6.07) is 1.93. The summed E-state index contributed by atoms with van der Waals surface area (Å²) in [4.78, 5) is 16.1. The summed E-state index contributed by atoms with van der Waals surface area (Å²) in [5.74, 6) is 0.213. The summed E-state index contributed by atoms with van der Waals surface area (Å²) in [7, 11) is 1.96. The van der Waals surface area contributed by atoms with Crippen LogP contribution in [0.4, 0.5) is 0 Å². The number of carbonyl (C=O) groups excluding carboxylic acids is 1. The van der Waals surface area contributed by atoms with E-state index in [0.29, 0.717) is 6.54 Å². The average Bonchev–Trinajstić information content (AvgIpc) is 2.68. The van der Waals surface area contributed by atoms with Crippen molar-refractivity contribution in [1.29, 1.82) is 0 Å². The van der Waals surface area contributed by atoms with Crippen LogP contribution in [-0.2, 0) is 11.3 Å². The number of likely N-dealkylation sites (N-methyl/N-ethyl adjacent to an activating group) is 1. The molecule has 1 aromatic rings. The fourth-order valence-corrected chi connectivity index (χ4v) is 2.18. The monoisotopic (exact) mass is 251 g/mol. The van der Waals surface area contributed by atoms with Gasteiger partial charge in [-0.05, 0) is 26.1 Å². The van der Waals surface area contributed by atoms with E-state index < -0.39 is 0 Å². The Morgan fingerprint density at radius 1 is 1.50 bits per heavy atom. The van der Waals surface area contributed by atoms with Crippen molar-refractivity contribution < 1.29 is 9.21 Å². The van der Waals surface area contributed by atoms with Crippen molar-refractivity contribution in [3.05, 3.63) is 24.2 Å². The zero-order valence-corrected chi connectivity index (χ0v) is 10.9. The first kappa shape index (κ1) is 13.1. The fourth-order valence-electron chi connectivity index (χ4n) is 2.18. The molecule has 0 aromatic carbocycles. The fraction of sp³-hybridized carbons (Fsp3) is 0.615. The Balaban J connectivity index is 1.78. The number of hydrogen-bond donors (Lipinski definition) is 1. The second-order valence-corrected chi connectivity index (χ2v) is 4.79. The van der Waals surface area contributed by atoms with E-state index in [0.717, 1.165) is 44.7 Å². The van der Waals surface area contributed by atoms with E-state index in [2.05, 4.69) is 5.32 Å². The largest absolute Gasteiger partial charge is 0.472 e. The number of hydrogen-bond acceptors (Lipinski definition) is 4. The number of carbonyl (C=O) groups is 1. The molecule has 1 aliphatic rings. The first-order valence-corrected chi connectivity index (χ1v) is 6.44. The Hall–Kier alpha value is -1.33. The first-order valence-electron chi connectivity index (χ1n) is 6.44. The van der Waals surface area contributed by atoms with E-state index >= 15 is 0 Å². The highest BCUT2D eigenvalue weighted by Crippen LogP contribution is 2.04. The van der Waals surface area contributed by atoms with Gasteiger partial charge in [0, 0.05) is 31.7 Å². The highest BCUT2D eigenvalue weighted by atomic mass is 16.3. The molecule has 1 aliphatic heterocycles. The van der Waals surface area contributed by atoms with Crippen molar-refractivity contribution in [1.82, 2.24) is 15.1 Å². The van der Waals surface area contributed by atoms with E-state index in [4.69, 9.17) is 4.42 Å². The van der Waals surface area contributed by atoms with E-state index in [-0.39, 0.29) is 5.91 Å². The van der Waals surface area contributed by atoms with Crippen LogP contribution in [0.15, 0.2) is 23.0 Å². The number of nitrogens with zero attached hydrogens (tertiary/aromatic N) is 2. The molecule has 2 heterocycles. The van der Waals surface area contributed by atoms with Crippen LogP contribution in [0, 0.1) is 0 Å². The number of rotatable bonds is 4. The van der Waals surface area contributed by atoms with E-state index in [1.54, 1.807) is 12.5 Å². The Bertz CT molecular complexity index is 356. The molecule has 18 heavy (non-hydrogen) atoms. The van der Waals surface area contributed by atoms with Crippen LogP contribution in [0.2, 0.25) is 0 Å². The molecule has 5 nitrogen and oxygen atoms in total. The Morgan fingerprint density at radius 2 is 2.39 bits per heavy atom. The van der Waals surface area contributed by atoms with Crippen molar-refractivity contribution in [3.63, 3.8) is 0 Å². The average molecular weight is 251 g/mol. The highest BCUT2D eigenvalue weighted by molar-refractivity contribution is 5.78. The third-order valence-electron chi connectivity index (χ3n) is 3.13. The predicted molar refractivity (Wildman–Crippen MR) is 69.1 cm³/mol. The van der Waals surface area contributed by atoms with Crippen LogP contribution >= 0.6 is 0 Å². The van der Waals surface area contributed by atoms with Gasteiger partial charge in [0.15, 0.2) is 0 Å². The van der Waals surface area contributed by atoms with Gasteiger partial charge in [-0.25, -0.2) is 0 Å². The third kappa shape index (κ3) is 3.85. The lowest BCUT2D eigenvalue weighted by Crippen LogP contribution is -2.40. The van der Waals surface area contributed by atoms with Crippen LogP contribution in [0.25, 0.3) is 0 Å². The van der Waals surface area contributed by atoms with Crippen LogP contribution in [-0.4, -0.2) is 55.5 Å². The zero-order valence-electron chi connectivity index (χ0n) is 10.9. The summed E-state index contributed by atoms with van der Waals surface area (Å²) in [6.07, 6.45) is 4.42. The second kappa shape index (κ2) is 6.56.